The molecule has 2 aromatic carbocycles. The van der Waals surface area contributed by atoms with E-state index >= 15 is 0 Å². The molecule has 1 atom stereocenters. The van der Waals surface area contributed by atoms with E-state index in [1.165, 1.54) is 0 Å². The van der Waals surface area contributed by atoms with Crippen molar-refractivity contribution in [3.05, 3.63) is 78.2 Å². The van der Waals surface area contributed by atoms with Gasteiger partial charge in [-0.05, 0) is 35.9 Å². The Morgan fingerprint density at radius 2 is 1.94 bits per heavy atom. The highest BCUT2D eigenvalue weighted by molar-refractivity contribution is 5.94. The van der Waals surface area contributed by atoms with Crippen LogP contribution in [0.4, 0.5) is 5.82 Å². The minimum absolute atomic E-state index is 0.133. The average Bonchev–Trinajstić information content (AvgIpc) is 2.86. The van der Waals surface area contributed by atoms with Crippen molar-refractivity contribution in [2.24, 2.45) is 0 Å². The summed E-state index contributed by atoms with van der Waals surface area (Å²) in [5.74, 6) is 1.43. The lowest BCUT2D eigenvalue weighted by Crippen LogP contribution is -2.18. The second kappa shape index (κ2) is 9.43. The Bertz CT molecular complexity index is 1260. The van der Waals surface area contributed by atoms with E-state index in [0.29, 0.717) is 17.9 Å². The van der Waals surface area contributed by atoms with E-state index in [0.717, 1.165) is 33.5 Å². The quantitative estimate of drug-likeness (QED) is 0.458. The lowest BCUT2D eigenvalue weighted by Gasteiger charge is -2.17. The van der Waals surface area contributed by atoms with E-state index in [1.54, 1.807) is 32.7 Å². The summed E-state index contributed by atoms with van der Waals surface area (Å²) in [5, 5.41) is 7.09. The van der Waals surface area contributed by atoms with Gasteiger partial charge in [-0.1, -0.05) is 25.1 Å². The molecule has 4 aromatic rings. The molecular formula is C25H25N5O2. The fourth-order valence-electron chi connectivity index (χ4n) is 3.62. The molecule has 0 spiro atoms. The average molecular weight is 428 g/mol. The maximum absolute atomic E-state index is 11.9. The van der Waals surface area contributed by atoms with Crippen LogP contribution in [0.15, 0.2) is 67.1 Å². The van der Waals surface area contributed by atoms with Crippen LogP contribution in [-0.2, 0) is 0 Å². The van der Waals surface area contributed by atoms with Crippen molar-refractivity contribution in [3.63, 3.8) is 0 Å². The normalized spacial score (nSPS) is 11.7. The number of ether oxygens (including phenoxy) is 1. The number of methoxy groups -OCH3 is 1. The first-order chi connectivity index (χ1) is 15.6. The SMILES string of the molecule is CNC(=O)c1ccc(C(C)CNc2cc(-c3ccc4ncccc4c3)ncn2)c(OC)c1. The summed E-state index contributed by atoms with van der Waals surface area (Å²) in [6.45, 7) is 2.75. The summed E-state index contributed by atoms with van der Waals surface area (Å²) in [4.78, 5) is 25.1. The molecule has 0 saturated carbocycles. The third-order valence-electron chi connectivity index (χ3n) is 5.41. The number of fused-ring (bicyclic) bond motifs is 1. The molecule has 2 heterocycles. The van der Waals surface area contributed by atoms with E-state index < -0.39 is 0 Å². The number of nitrogens with one attached hydrogen (secondary N) is 2. The molecule has 162 valence electrons. The Kier molecular flexibility index (Phi) is 6.26. The fraction of sp³-hybridized carbons (Fsp3) is 0.200. The number of anilines is 1. The Hall–Kier alpha value is -4.00. The molecular weight excluding hydrogens is 402 g/mol. The van der Waals surface area contributed by atoms with Crippen LogP contribution in [0.5, 0.6) is 5.75 Å². The van der Waals surface area contributed by atoms with Gasteiger partial charge in [0.15, 0.2) is 0 Å². The first kappa shape index (κ1) is 21.2. The minimum atomic E-state index is -0.140. The van der Waals surface area contributed by atoms with Crippen molar-refractivity contribution in [2.45, 2.75) is 12.8 Å². The highest BCUT2D eigenvalue weighted by Crippen LogP contribution is 2.28. The Labute approximate surface area is 186 Å². The molecule has 4 rings (SSSR count). The minimum Gasteiger partial charge on any atom is -0.496 e. The van der Waals surface area contributed by atoms with E-state index in [1.807, 2.05) is 42.5 Å². The number of hydrogen-bond acceptors (Lipinski definition) is 6. The fourth-order valence-corrected chi connectivity index (χ4v) is 3.62. The Morgan fingerprint density at radius 3 is 2.75 bits per heavy atom. The third-order valence-corrected chi connectivity index (χ3v) is 5.41. The summed E-state index contributed by atoms with van der Waals surface area (Å²) in [5.41, 5.74) is 4.39. The zero-order valence-corrected chi connectivity index (χ0v) is 18.3. The van der Waals surface area contributed by atoms with Crippen molar-refractivity contribution < 1.29 is 9.53 Å². The van der Waals surface area contributed by atoms with Crippen molar-refractivity contribution in [3.8, 4) is 17.0 Å². The van der Waals surface area contributed by atoms with Gasteiger partial charge in [0.25, 0.3) is 5.91 Å². The van der Waals surface area contributed by atoms with E-state index in [4.69, 9.17) is 4.74 Å². The number of benzene rings is 2. The van der Waals surface area contributed by atoms with Gasteiger partial charge in [-0.2, -0.15) is 0 Å². The predicted molar refractivity (Wildman–Crippen MR) is 126 cm³/mol. The summed E-state index contributed by atoms with van der Waals surface area (Å²) in [6, 6.07) is 17.5. The number of hydrogen-bond donors (Lipinski definition) is 2. The number of rotatable bonds is 7. The smallest absolute Gasteiger partial charge is 0.251 e. The molecule has 0 aliphatic rings. The molecule has 0 radical (unpaired) electrons. The molecule has 0 bridgehead atoms. The van der Waals surface area contributed by atoms with Gasteiger partial charge in [-0.25, -0.2) is 9.97 Å². The van der Waals surface area contributed by atoms with Gasteiger partial charge in [-0.3, -0.25) is 9.78 Å². The number of aromatic nitrogens is 3. The molecule has 7 heteroatoms. The second-order valence-electron chi connectivity index (χ2n) is 7.52. The highest BCUT2D eigenvalue weighted by Gasteiger charge is 2.15. The molecule has 32 heavy (non-hydrogen) atoms. The van der Waals surface area contributed by atoms with E-state index in [9.17, 15) is 4.79 Å². The lowest BCUT2D eigenvalue weighted by atomic mass is 9.98. The lowest BCUT2D eigenvalue weighted by molar-refractivity contribution is 0.0962. The molecule has 1 amide bonds. The molecule has 0 aliphatic heterocycles. The van der Waals surface area contributed by atoms with Crippen molar-refractivity contribution in [1.82, 2.24) is 20.3 Å². The van der Waals surface area contributed by atoms with Crippen molar-refractivity contribution in [2.75, 3.05) is 26.0 Å². The number of amides is 1. The van der Waals surface area contributed by atoms with Crippen LogP contribution in [0.2, 0.25) is 0 Å². The zero-order chi connectivity index (χ0) is 22.5. The highest BCUT2D eigenvalue weighted by atomic mass is 16.5. The number of nitrogens with zero attached hydrogens (tertiary/aromatic N) is 3. The maximum Gasteiger partial charge on any atom is 0.251 e. The number of pyridine rings is 1. The standard InChI is InChI=1S/C25H25N5O2/c1-16(20-8-6-19(25(31)26-2)12-23(20)32-3)14-28-24-13-22(29-15-30-24)18-7-9-21-17(11-18)5-4-10-27-21/h4-13,15-16H,14H2,1-3H3,(H,26,31)(H,28,29,30). The molecule has 2 N–H and O–H groups in total. The largest absolute Gasteiger partial charge is 0.496 e. The monoisotopic (exact) mass is 427 g/mol. The van der Waals surface area contributed by atoms with Gasteiger partial charge < -0.3 is 15.4 Å². The van der Waals surface area contributed by atoms with Gasteiger partial charge in [-0.15, -0.1) is 0 Å². The predicted octanol–water partition coefficient (Wildman–Crippen LogP) is 4.28. The third kappa shape index (κ3) is 4.51. The zero-order valence-electron chi connectivity index (χ0n) is 18.3. The first-order valence-electron chi connectivity index (χ1n) is 10.4. The van der Waals surface area contributed by atoms with Crippen LogP contribution in [0.1, 0.15) is 28.8 Å². The van der Waals surface area contributed by atoms with E-state index in [-0.39, 0.29) is 11.8 Å². The van der Waals surface area contributed by atoms with Gasteiger partial charge in [0, 0.05) is 48.3 Å². The van der Waals surface area contributed by atoms with Crippen molar-refractivity contribution >= 4 is 22.6 Å². The summed E-state index contributed by atoms with van der Waals surface area (Å²) >= 11 is 0. The second-order valence-corrected chi connectivity index (χ2v) is 7.52. The number of carbonyl (C=O) groups excluding carboxylic acids is 1. The van der Waals surface area contributed by atoms with Gasteiger partial charge in [0.2, 0.25) is 0 Å². The Morgan fingerprint density at radius 1 is 1.06 bits per heavy atom. The van der Waals surface area contributed by atoms with Gasteiger partial charge in [0.1, 0.15) is 17.9 Å². The van der Waals surface area contributed by atoms with Crippen LogP contribution in [0.3, 0.4) is 0 Å². The summed E-state index contributed by atoms with van der Waals surface area (Å²) < 4.78 is 5.53. The molecule has 1 unspecified atom stereocenters. The van der Waals surface area contributed by atoms with Crippen molar-refractivity contribution in [1.29, 1.82) is 0 Å². The van der Waals surface area contributed by atoms with Crippen LogP contribution in [-0.4, -0.2) is 41.6 Å². The Balaban J connectivity index is 1.50. The van der Waals surface area contributed by atoms with Gasteiger partial charge >= 0.3 is 0 Å². The number of carbonyl (C=O) groups is 1. The summed E-state index contributed by atoms with van der Waals surface area (Å²) in [7, 11) is 3.22. The molecule has 7 nitrogen and oxygen atoms in total. The van der Waals surface area contributed by atoms with E-state index in [2.05, 4.69) is 38.6 Å². The topological polar surface area (TPSA) is 89.0 Å². The molecule has 2 aromatic heterocycles. The van der Waals surface area contributed by atoms with Crippen LogP contribution < -0.4 is 15.4 Å². The maximum atomic E-state index is 11.9. The summed E-state index contributed by atoms with van der Waals surface area (Å²) in [6.07, 6.45) is 3.35. The van der Waals surface area contributed by atoms with Crippen LogP contribution in [0.25, 0.3) is 22.2 Å². The first-order valence-corrected chi connectivity index (χ1v) is 10.4. The van der Waals surface area contributed by atoms with Gasteiger partial charge in [0.05, 0.1) is 18.3 Å². The molecule has 0 aliphatic carbocycles. The molecule has 0 fully saturated rings. The van der Waals surface area contributed by atoms with Crippen LogP contribution in [0, 0.1) is 0 Å². The molecule has 0 saturated heterocycles. The van der Waals surface area contributed by atoms with Crippen LogP contribution >= 0.6 is 0 Å².